The minimum atomic E-state index is -0.358. The van der Waals surface area contributed by atoms with Crippen LogP contribution in [0.5, 0.6) is 5.75 Å². The molecule has 1 aromatic rings. The topological polar surface area (TPSA) is 26.3 Å². The Morgan fingerprint density at radius 3 is 2.82 bits per heavy atom. The van der Waals surface area contributed by atoms with Gasteiger partial charge in [-0.1, -0.05) is 28.1 Å². The Labute approximate surface area is 109 Å². The maximum atomic E-state index is 13.7. The van der Waals surface area contributed by atoms with Crippen LogP contribution in [0.2, 0.25) is 0 Å². The van der Waals surface area contributed by atoms with Crippen LogP contribution < -0.4 is 4.74 Å². The maximum absolute atomic E-state index is 13.7. The molecule has 0 fully saturated rings. The van der Waals surface area contributed by atoms with Gasteiger partial charge in [-0.3, -0.25) is 4.79 Å². The molecule has 94 valence electrons. The summed E-state index contributed by atoms with van der Waals surface area (Å²) < 4.78 is 18.6. The molecule has 0 spiro atoms. The highest BCUT2D eigenvalue weighted by atomic mass is 79.9. The first-order chi connectivity index (χ1) is 8.19. The number of rotatable bonds is 7. The molecule has 0 amide bonds. The highest BCUT2D eigenvalue weighted by molar-refractivity contribution is 9.09. The lowest BCUT2D eigenvalue weighted by atomic mass is 10.0. The second-order valence-corrected chi connectivity index (χ2v) is 4.56. The number of hydrogen-bond donors (Lipinski definition) is 0. The third-order valence-corrected chi connectivity index (χ3v) is 3.09. The highest BCUT2D eigenvalue weighted by Gasteiger charge is 2.09. The van der Waals surface area contributed by atoms with E-state index in [4.69, 9.17) is 4.74 Å². The molecule has 4 heteroatoms. The fourth-order valence-electron chi connectivity index (χ4n) is 1.57. The lowest BCUT2D eigenvalue weighted by molar-refractivity contribution is -0.119. The second kappa shape index (κ2) is 7.43. The van der Waals surface area contributed by atoms with Crippen LogP contribution in [0.4, 0.5) is 4.39 Å². The van der Waals surface area contributed by atoms with Crippen LogP contribution in [0.1, 0.15) is 24.8 Å². The van der Waals surface area contributed by atoms with Gasteiger partial charge < -0.3 is 4.74 Å². The third-order valence-electron chi connectivity index (χ3n) is 2.53. The summed E-state index contributed by atoms with van der Waals surface area (Å²) in [6.45, 7) is 0. The first-order valence-corrected chi connectivity index (χ1v) is 6.70. The SMILES string of the molecule is COc1cccc(CCC(=O)CCCBr)c1F. The quantitative estimate of drug-likeness (QED) is 0.721. The molecule has 0 aliphatic rings. The van der Waals surface area contributed by atoms with E-state index < -0.39 is 0 Å². The van der Waals surface area contributed by atoms with Gasteiger partial charge in [0.15, 0.2) is 11.6 Å². The van der Waals surface area contributed by atoms with E-state index in [2.05, 4.69) is 15.9 Å². The maximum Gasteiger partial charge on any atom is 0.168 e. The predicted octanol–water partition coefficient (Wildman–Crippen LogP) is 3.51. The van der Waals surface area contributed by atoms with E-state index in [0.717, 1.165) is 11.8 Å². The Morgan fingerprint density at radius 1 is 1.41 bits per heavy atom. The Bertz CT molecular complexity index is 380. The van der Waals surface area contributed by atoms with Gasteiger partial charge in [-0.25, -0.2) is 4.39 Å². The van der Waals surface area contributed by atoms with Gasteiger partial charge in [0, 0.05) is 18.2 Å². The number of aryl methyl sites for hydroxylation is 1. The van der Waals surface area contributed by atoms with Gasteiger partial charge in [-0.05, 0) is 24.5 Å². The molecule has 0 aliphatic carbocycles. The number of hydrogen-bond acceptors (Lipinski definition) is 2. The number of methoxy groups -OCH3 is 1. The van der Waals surface area contributed by atoms with E-state index in [0.29, 0.717) is 24.8 Å². The van der Waals surface area contributed by atoms with Crippen LogP contribution in [-0.2, 0) is 11.2 Å². The lowest BCUT2D eigenvalue weighted by Gasteiger charge is -2.06. The Hall–Kier alpha value is -0.900. The molecule has 0 bridgehead atoms. The number of benzene rings is 1. The highest BCUT2D eigenvalue weighted by Crippen LogP contribution is 2.21. The van der Waals surface area contributed by atoms with Crippen molar-refractivity contribution in [2.24, 2.45) is 0 Å². The summed E-state index contributed by atoms with van der Waals surface area (Å²) >= 11 is 3.28. The summed E-state index contributed by atoms with van der Waals surface area (Å²) in [6, 6.07) is 5.00. The molecule has 1 rings (SSSR count). The zero-order valence-corrected chi connectivity index (χ0v) is 11.4. The van der Waals surface area contributed by atoms with Gasteiger partial charge in [-0.2, -0.15) is 0 Å². The van der Waals surface area contributed by atoms with E-state index in [9.17, 15) is 9.18 Å². The van der Waals surface area contributed by atoms with Crippen molar-refractivity contribution < 1.29 is 13.9 Å². The molecule has 17 heavy (non-hydrogen) atoms. The monoisotopic (exact) mass is 302 g/mol. The Balaban J connectivity index is 2.54. The van der Waals surface area contributed by atoms with E-state index in [1.807, 2.05) is 0 Å². The number of halogens is 2. The van der Waals surface area contributed by atoms with E-state index in [-0.39, 0.29) is 17.3 Å². The van der Waals surface area contributed by atoms with E-state index >= 15 is 0 Å². The smallest absolute Gasteiger partial charge is 0.168 e. The number of ketones is 1. The van der Waals surface area contributed by atoms with Gasteiger partial charge in [0.25, 0.3) is 0 Å². The van der Waals surface area contributed by atoms with Crippen LogP contribution in [0.3, 0.4) is 0 Å². The van der Waals surface area contributed by atoms with Gasteiger partial charge in [0.2, 0.25) is 0 Å². The summed E-state index contributed by atoms with van der Waals surface area (Å²) in [6.07, 6.45) is 2.21. The fraction of sp³-hybridized carbons (Fsp3) is 0.462. The summed E-state index contributed by atoms with van der Waals surface area (Å²) in [5.74, 6) is 0.0466. The average Bonchev–Trinajstić information content (AvgIpc) is 2.35. The molecule has 0 saturated heterocycles. The third kappa shape index (κ3) is 4.46. The van der Waals surface area contributed by atoms with Crippen molar-refractivity contribution in [3.05, 3.63) is 29.6 Å². The van der Waals surface area contributed by atoms with Crippen LogP contribution in [0.25, 0.3) is 0 Å². The fourth-order valence-corrected chi connectivity index (χ4v) is 1.85. The summed E-state index contributed by atoms with van der Waals surface area (Å²) in [5.41, 5.74) is 0.538. The average molecular weight is 303 g/mol. The van der Waals surface area contributed by atoms with Crippen LogP contribution in [-0.4, -0.2) is 18.2 Å². The predicted molar refractivity (Wildman–Crippen MR) is 69.3 cm³/mol. The second-order valence-electron chi connectivity index (χ2n) is 3.76. The van der Waals surface area contributed by atoms with Crippen molar-refractivity contribution in [1.82, 2.24) is 0 Å². The van der Waals surface area contributed by atoms with Gasteiger partial charge in [0.1, 0.15) is 5.78 Å². The summed E-state index contributed by atoms with van der Waals surface area (Å²) in [7, 11) is 1.43. The molecule has 0 aliphatic heterocycles. The summed E-state index contributed by atoms with van der Waals surface area (Å²) in [4.78, 5) is 11.5. The minimum absolute atomic E-state index is 0.173. The molecule has 0 atom stereocenters. The van der Waals surface area contributed by atoms with Crippen LogP contribution >= 0.6 is 15.9 Å². The van der Waals surface area contributed by atoms with Gasteiger partial charge >= 0.3 is 0 Å². The molecular weight excluding hydrogens is 287 g/mol. The van der Waals surface area contributed by atoms with Crippen LogP contribution in [0.15, 0.2) is 18.2 Å². The van der Waals surface area contributed by atoms with E-state index in [1.54, 1.807) is 18.2 Å². The van der Waals surface area contributed by atoms with Crippen molar-refractivity contribution in [3.63, 3.8) is 0 Å². The van der Waals surface area contributed by atoms with Crippen LogP contribution in [0, 0.1) is 5.82 Å². The minimum Gasteiger partial charge on any atom is -0.494 e. The first-order valence-electron chi connectivity index (χ1n) is 5.58. The zero-order chi connectivity index (χ0) is 12.7. The Kier molecular flexibility index (Phi) is 6.19. The number of alkyl halides is 1. The zero-order valence-electron chi connectivity index (χ0n) is 9.84. The molecule has 0 saturated carbocycles. The molecule has 2 nitrogen and oxygen atoms in total. The molecule has 0 radical (unpaired) electrons. The van der Waals surface area contributed by atoms with Crippen molar-refractivity contribution >= 4 is 21.7 Å². The Morgan fingerprint density at radius 2 is 2.18 bits per heavy atom. The van der Waals surface area contributed by atoms with Crippen molar-refractivity contribution in [1.29, 1.82) is 0 Å². The lowest BCUT2D eigenvalue weighted by Crippen LogP contribution is -2.02. The molecule has 0 aromatic heterocycles. The van der Waals surface area contributed by atoms with Crippen molar-refractivity contribution in [2.75, 3.05) is 12.4 Å². The molecule has 0 heterocycles. The molecule has 0 unspecified atom stereocenters. The molecule has 1 aromatic carbocycles. The standard InChI is InChI=1S/C13H16BrFO2/c1-17-12-6-2-4-10(13(12)15)7-8-11(16)5-3-9-14/h2,4,6H,3,5,7-9H2,1H3. The van der Waals surface area contributed by atoms with Crippen molar-refractivity contribution in [3.8, 4) is 5.75 Å². The number of ether oxygens (including phenoxy) is 1. The first kappa shape index (κ1) is 14.2. The molecule has 0 N–H and O–H groups in total. The number of carbonyl (C=O) groups is 1. The normalized spacial score (nSPS) is 10.3. The number of Topliss-reactive ketones (excluding diaryl/α,β-unsaturated/α-hetero) is 1. The van der Waals surface area contributed by atoms with Crippen molar-refractivity contribution in [2.45, 2.75) is 25.7 Å². The van der Waals surface area contributed by atoms with E-state index in [1.165, 1.54) is 7.11 Å². The molecular formula is C13H16BrFO2. The van der Waals surface area contributed by atoms with Gasteiger partial charge in [0.05, 0.1) is 7.11 Å². The van der Waals surface area contributed by atoms with Gasteiger partial charge in [-0.15, -0.1) is 0 Å². The summed E-state index contributed by atoms with van der Waals surface area (Å²) in [5, 5.41) is 0.826. The number of carbonyl (C=O) groups excluding carboxylic acids is 1. The largest absolute Gasteiger partial charge is 0.494 e.